The molecule has 0 fully saturated rings. The van der Waals surface area contributed by atoms with E-state index in [0.717, 1.165) is 16.8 Å². The number of nitro benzene ring substituents is 1. The largest absolute Gasteiger partial charge is 0.496 e. The molecule has 2 N–H and O–H groups in total. The van der Waals surface area contributed by atoms with Crippen molar-refractivity contribution in [1.82, 2.24) is 9.97 Å². The van der Waals surface area contributed by atoms with Crippen LogP contribution in [0.5, 0.6) is 5.75 Å². The number of Topliss-reactive ketones (excluding diaryl/α,β-unsaturated/α-hetero) is 1. The average molecular weight is 491 g/mol. The molecule has 0 bridgehead atoms. The van der Waals surface area contributed by atoms with Crippen LogP contribution in [-0.2, 0) is 10.5 Å². The van der Waals surface area contributed by atoms with Crippen molar-refractivity contribution in [3.05, 3.63) is 97.5 Å². The summed E-state index contributed by atoms with van der Waals surface area (Å²) >= 11 is 1.32. The van der Waals surface area contributed by atoms with E-state index in [1.54, 1.807) is 19.2 Å². The van der Waals surface area contributed by atoms with Crippen molar-refractivity contribution in [2.45, 2.75) is 29.7 Å². The van der Waals surface area contributed by atoms with E-state index in [0.29, 0.717) is 40.9 Å². The molecule has 2 aliphatic rings. The first kappa shape index (κ1) is 22.9. The highest BCUT2D eigenvalue weighted by molar-refractivity contribution is 7.98. The van der Waals surface area contributed by atoms with Crippen LogP contribution in [0.3, 0.4) is 0 Å². The van der Waals surface area contributed by atoms with Crippen LogP contribution in [0.25, 0.3) is 0 Å². The Morgan fingerprint density at radius 3 is 2.66 bits per heavy atom. The molecular weight excluding hydrogens is 468 g/mol. The van der Waals surface area contributed by atoms with Crippen LogP contribution < -0.4 is 15.6 Å². The van der Waals surface area contributed by atoms with Crippen molar-refractivity contribution < 1.29 is 14.5 Å². The lowest BCUT2D eigenvalue weighted by atomic mass is 9.72. The highest BCUT2D eigenvalue weighted by atomic mass is 32.2. The van der Waals surface area contributed by atoms with Gasteiger partial charge in [0.05, 0.1) is 23.5 Å². The summed E-state index contributed by atoms with van der Waals surface area (Å²) in [6.45, 7) is 0. The van der Waals surface area contributed by atoms with Crippen molar-refractivity contribution in [2.75, 3.05) is 12.4 Å². The molecule has 0 amide bonds. The molecule has 3 aromatic rings. The maximum absolute atomic E-state index is 13.4. The third kappa shape index (κ3) is 4.32. The second-order valence-electron chi connectivity index (χ2n) is 8.33. The second-order valence-corrected chi connectivity index (χ2v) is 9.30. The number of thioether (sulfide) groups is 1. The number of carbonyl (C=O) groups is 1. The number of hydrogen-bond donors (Lipinski definition) is 2. The number of nitro groups is 1. The van der Waals surface area contributed by atoms with Crippen molar-refractivity contribution in [3.63, 3.8) is 0 Å². The number of rotatable bonds is 6. The molecule has 5 rings (SSSR count). The molecule has 2 heterocycles. The number of anilines is 1. The number of aromatic amines is 1. The fraction of sp³-hybridized carbons (Fsp3) is 0.240. The minimum atomic E-state index is -0.522. The van der Waals surface area contributed by atoms with Crippen molar-refractivity contribution >= 4 is 29.1 Å². The molecule has 2 atom stereocenters. The summed E-state index contributed by atoms with van der Waals surface area (Å²) in [7, 11) is 1.57. The van der Waals surface area contributed by atoms with E-state index in [9.17, 15) is 19.7 Å². The van der Waals surface area contributed by atoms with Gasteiger partial charge in [0.25, 0.3) is 11.2 Å². The molecule has 35 heavy (non-hydrogen) atoms. The first-order valence-corrected chi connectivity index (χ1v) is 12.1. The number of ether oxygens (including phenoxy) is 1. The molecular formula is C25H22N4O5S. The van der Waals surface area contributed by atoms with Gasteiger partial charge in [-0.3, -0.25) is 19.7 Å². The van der Waals surface area contributed by atoms with Crippen molar-refractivity contribution in [2.24, 2.45) is 5.92 Å². The predicted molar refractivity (Wildman–Crippen MR) is 132 cm³/mol. The van der Waals surface area contributed by atoms with Gasteiger partial charge < -0.3 is 15.0 Å². The van der Waals surface area contributed by atoms with Gasteiger partial charge in [0.2, 0.25) is 0 Å². The van der Waals surface area contributed by atoms with E-state index < -0.39 is 16.8 Å². The normalized spacial score (nSPS) is 18.7. The van der Waals surface area contributed by atoms with E-state index in [1.807, 2.05) is 30.3 Å². The minimum Gasteiger partial charge on any atom is -0.496 e. The third-order valence-electron chi connectivity index (χ3n) is 6.27. The van der Waals surface area contributed by atoms with E-state index in [4.69, 9.17) is 4.74 Å². The van der Waals surface area contributed by atoms with Crippen molar-refractivity contribution in [3.8, 4) is 5.75 Å². The Bertz CT molecular complexity index is 1400. The SMILES string of the molecule is COc1ccccc1[C@H]1c2c(nc(SCc3ccc([N+](=O)[O-])cc3)[nH]c2=O)NC2=CCCC(=O)[C@@H]21. The van der Waals surface area contributed by atoms with Gasteiger partial charge in [0.15, 0.2) is 5.16 Å². The highest BCUT2D eigenvalue weighted by Crippen LogP contribution is 2.47. The summed E-state index contributed by atoms with van der Waals surface area (Å²) in [5.74, 6) is 0.555. The minimum absolute atomic E-state index is 0.0236. The summed E-state index contributed by atoms with van der Waals surface area (Å²) in [4.78, 5) is 44.4. The van der Waals surface area contributed by atoms with E-state index >= 15 is 0 Å². The Morgan fingerprint density at radius 1 is 1.14 bits per heavy atom. The van der Waals surface area contributed by atoms with Gasteiger partial charge in [-0.25, -0.2) is 4.98 Å². The van der Waals surface area contributed by atoms with E-state index in [-0.39, 0.29) is 17.0 Å². The Morgan fingerprint density at radius 2 is 1.91 bits per heavy atom. The van der Waals surface area contributed by atoms with Crippen LogP contribution >= 0.6 is 11.8 Å². The maximum atomic E-state index is 13.4. The summed E-state index contributed by atoms with van der Waals surface area (Å²) in [5.41, 5.74) is 2.50. The fourth-order valence-corrected chi connectivity index (χ4v) is 5.48. The zero-order valence-electron chi connectivity index (χ0n) is 18.8. The Kier molecular flexibility index (Phi) is 6.12. The quantitative estimate of drug-likeness (QED) is 0.225. The van der Waals surface area contributed by atoms with Gasteiger partial charge in [0, 0.05) is 41.5 Å². The molecule has 10 heteroatoms. The number of aromatic nitrogens is 2. The number of non-ortho nitro benzene ring substituents is 1. The second kappa shape index (κ2) is 9.38. The van der Waals surface area contributed by atoms with Gasteiger partial charge >= 0.3 is 0 Å². The zero-order chi connectivity index (χ0) is 24.5. The number of nitrogens with one attached hydrogen (secondary N) is 2. The number of para-hydroxylation sites is 1. The number of ketones is 1. The molecule has 1 aliphatic carbocycles. The number of carbonyl (C=O) groups excluding carboxylic acids is 1. The van der Waals surface area contributed by atoms with Crippen LogP contribution in [0.2, 0.25) is 0 Å². The lowest BCUT2D eigenvalue weighted by Gasteiger charge is -2.37. The Labute approximate surface area is 204 Å². The molecule has 0 spiro atoms. The van der Waals surface area contributed by atoms with Crippen LogP contribution in [0.15, 0.2) is 70.3 Å². The molecule has 1 aliphatic heterocycles. The van der Waals surface area contributed by atoms with Gasteiger partial charge in [0.1, 0.15) is 17.4 Å². The third-order valence-corrected chi connectivity index (χ3v) is 7.22. The van der Waals surface area contributed by atoms with Crippen LogP contribution in [-0.4, -0.2) is 27.8 Å². The predicted octanol–water partition coefficient (Wildman–Crippen LogP) is 4.40. The number of allylic oxidation sites excluding steroid dienone is 2. The van der Waals surface area contributed by atoms with Gasteiger partial charge in [-0.15, -0.1) is 0 Å². The lowest BCUT2D eigenvalue weighted by Crippen LogP contribution is -2.39. The van der Waals surface area contributed by atoms with E-state index in [1.165, 1.54) is 23.9 Å². The number of hydrogen-bond acceptors (Lipinski definition) is 8. The number of fused-ring (bicyclic) bond motifs is 2. The fourth-order valence-electron chi connectivity index (χ4n) is 4.66. The molecule has 9 nitrogen and oxygen atoms in total. The zero-order valence-corrected chi connectivity index (χ0v) is 19.6. The Balaban J connectivity index is 1.52. The number of nitrogens with zero attached hydrogens (tertiary/aromatic N) is 2. The molecule has 178 valence electrons. The van der Waals surface area contributed by atoms with Gasteiger partial charge in [-0.05, 0) is 18.1 Å². The standard InChI is InChI=1S/C25H22N4O5S/c1-34-19-8-3-2-5-16(19)20-21-17(6-4-7-18(21)30)26-23-22(20)24(31)28-25(27-23)35-13-14-9-11-15(12-10-14)29(32)33/h2-3,5-6,8-12,20-21H,4,7,13H2,1H3,(H2,26,27,28,31)/t20-,21-/m1/s1. The lowest BCUT2D eigenvalue weighted by molar-refractivity contribution is -0.384. The van der Waals surface area contributed by atoms with Crippen molar-refractivity contribution in [1.29, 1.82) is 0 Å². The molecule has 0 radical (unpaired) electrons. The number of H-pyrrole nitrogens is 1. The molecule has 2 aromatic carbocycles. The summed E-state index contributed by atoms with van der Waals surface area (Å²) < 4.78 is 5.57. The monoisotopic (exact) mass is 490 g/mol. The number of methoxy groups -OCH3 is 1. The topological polar surface area (TPSA) is 127 Å². The van der Waals surface area contributed by atoms with E-state index in [2.05, 4.69) is 15.3 Å². The van der Waals surface area contributed by atoms with Gasteiger partial charge in [-0.2, -0.15) is 0 Å². The average Bonchev–Trinajstić information content (AvgIpc) is 2.86. The molecule has 0 saturated heterocycles. The smallest absolute Gasteiger partial charge is 0.269 e. The van der Waals surface area contributed by atoms with Crippen LogP contribution in [0.1, 0.15) is 35.4 Å². The first-order chi connectivity index (χ1) is 17.0. The Hall–Kier alpha value is -3.92. The van der Waals surface area contributed by atoms with Crippen LogP contribution in [0.4, 0.5) is 11.5 Å². The highest BCUT2D eigenvalue weighted by Gasteiger charge is 2.43. The first-order valence-electron chi connectivity index (χ1n) is 11.1. The maximum Gasteiger partial charge on any atom is 0.269 e. The van der Waals surface area contributed by atoms with Gasteiger partial charge in [-0.1, -0.05) is 48.2 Å². The molecule has 0 unspecified atom stereocenters. The summed E-state index contributed by atoms with van der Waals surface area (Å²) in [6, 6.07) is 13.7. The molecule has 0 saturated carbocycles. The number of benzene rings is 2. The van der Waals surface area contributed by atoms with Crippen LogP contribution in [0, 0.1) is 16.0 Å². The molecule has 1 aromatic heterocycles. The summed E-state index contributed by atoms with van der Waals surface area (Å²) in [5, 5.41) is 14.5. The summed E-state index contributed by atoms with van der Waals surface area (Å²) in [6.07, 6.45) is 3.06.